The predicted molar refractivity (Wildman–Crippen MR) is 61.4 cm³/mol. The van der Waals surface area contributed by atoms with Gasteiger partial charge in [0.25, 0.3) is 0 Å². The third-order valence-corrected chi connectivity index (χ3v) is 2.41. The summed E-state index contributed by atoms with van der Waals surface area (Å²) in [6.07, 6.45) is 0. The number of hydrogen-bond donors (Lipinski definition) is 2. The molecule has 0 amide bonds. The van der Waals surface area contributed by atoms with Crippen LogP contribution in [0.5, 0.6) is 0 Å². The molecule has 0 aliphatic carbocycles. The Labute approximate surface area is 97.1 Å². The maximum Gasteiger partial charge on any atom is 0.336 e. The molecule has 88 valence electrons. The van der Waals surface area contributed by atoms with Gasteiger partial charge in [0.05, 0.1) is 16.8 Å². The summed E-state index contributed by atoms with van der Waals surface area (Å²) >= 11 is 0. The topological polar surface area (TPSA) is 62.2 Å². The number of carbonyl (C=O) groups is 1. The summed E-state index contributed by atoms with van der Waals surface area (Å²) in [4.78, 5) is 15.4. The van der Waals surface area contributed by atoms with E-state index in [1.54, 1.807) is 7.05 Å². The third kappa shape index (κ3) is 2.24. The lowest BCUT2D eigenvalue weighted by Gasteiger charge is -2.06. The van der Waals surface area contributed by atoms with E-state index in [-0.39, 0.29) is 5.56 Å². The van der Waals surface area contributed by atoms with Crippen molar-refractivity contribution >= 4 is 16.9 Å². The van der Waals surface area contributed by atoms with E-state index in [0.717, 1.165) is 0 Å². The van der Waals surface area contributed by atoms with Gasteiger partial charge >= 0.3 is 5.97 Å². The number of carboxylic acid groups (broad SMARTS) is 1. The van der Waals surface area contributed by atoms with Crippen molar-refractivity contribution in [2.75, 3.05) is 7.05 Å². The van der Waals surface area contributed by atoms with Gasteiger partial charge in [0.2, 0.25) is 0 Å². The fraction of sp³-hybridized carbons (Fsp3) is 0.167. The first-order valence-corrected chi connectivity index (χ1v) is 5.09. The summed E-state index contributed by atoms with van der Waals surface area (Å²) in [6, 6.07) is 5.40. The van der Waals surface area contributed by atoms with Crippen molar-refractivity contribution < 1.29 is 14.3 Å². The Bertz CT molecular complexity index is 584. The second-order valence-electron chi connectivity index (χ2n) is 3.66. The van der Waals surface area contributed by atoms with Gasteiger partial charge in [0.15, 0.2) is 0 Å². The van der Waals surface area contributed by atoms with Gasteiger partial charge in [0, 0.05) is 11.9 Å². The van der Waals surface area contributed by atoms with Crippen LogP contribution in [0, 0.1) is 5.82 Å². The van der Waals surface area contributed by atoms with Crippen molar-refractivity contribution in [2.45, 2.75) is 6.54 Å². The first-order chi connectivity index (χ1) is 8.11. The minimum absolute atomic E-state index is 0.0692. The van der Waals surface area contributed by atoms with Crippen LogP contribution in [0.1, 0.15) is 16.1 Å². The third-order valence-electron chi connectivity index (χ3n) is 2.41. The zero-order chi connectivity index (χ0) is 12.4. The molecule has 1 aromatic carbocycles. The number of nitrogens with zero attached hydrogens (tertiary/aromatic N) is 1. The Morgan fingerprint density at radius 2 is 2.24 bits per heavy atom. The molecule has 0 bridgehead atoms. The summed E-state index contributed by atoms with van der Waals surface area (Å²) < 4.78 is 13.1. The monoisotopic (exact) mass is 234 g/mol. The minimum Gasteiger partial charge on any atom is -0.478 e. The molecule has 17 heavy (non-hydrogen) atoms. The molecule has 0 saturated carbocycles. The molecule has 4 nitrogen and oxygen atoms in total. The summed E-state index contributed by atoms with van der Waals surface area (Å²) in [5, 5.41) is 12.3. The molecule has 0 unspecified atom stereocenters. The molecule has 0 saturated heterocycles. The van der Waals surface area contributed by atoms with Crippen molar-refractivity contribution in [3.63, 3.8) is 0 Å². The van der Waals surface area contributed by atoms with E-state index in [1.165, 1.54) is 24.3 Å². The molecule has 0 radical (unpaired) electrons. The largest absolute Gasteiger partial charge is 0.478 e. The van der Waals surface area contributed by atoms with Crippen molar-refractivity contribution in [3.05, 3.63) is 41.3 Å². The molecule has 2 aromatic rings. The summed E-state index contributed by atoms with van der Waals surface area (Å²) in [7, 11) is 1.75. The molecular formula is C12H11FN2O2. The van der Waals surface area contributed by atoms with Crippen molar-refractivity contribution in [1.29, 1.82) is 0 Å². The van der Waals surface area contributed by atoms with Crippen LogP contribution in [-0.2, 0) is 6.54 Å². The lowest BCUT2D eigenvalue weighted by molar-refractivity contribution is 0.0699. The number of halogens is 1. The second-order valence-corrected chi connectivity index (χ2v) is 3.66. The van der Waals surface area contributed by atoms with Crippen LogP contribution in [0.4, 0.5) is 4.39 Å². The number of fused-ring (bicyclic) bond motifs is 1. The Hall–Kier alpha value is -2.01. The van der Waals surface area contributed by atoms with Crippen molar-refractivity contribution in [2.24, 2.45) is 0 Å². The molecule has 2 N–H and O–H groups in total. The highest BCUT2D eigenvalue weighted by Crippen LogP contribution is 2.19. The molecule has 0 aliphatic heterocycles. The van der Waals surface area contributed by atoms with Crippen LogP contribution < -0.4 is 5.32 Å². The van der Waals surface area contributed by atoms with Crippen LogP contribution in [-0.4, -0.2) is 23.1 Å². The number of hydrogen-bond acceptors (Lipinski definition) is 3. The van der Waals surface area contributed by atoms with Crippen molar-refractivity contribution in [3.8, 4) is 0 Å². The van der Waals surface area contributed by atoms with E-state index < -0.39 is 11.8 Å². The van der Waals surface area contributed by atoms with Crippen LogP contribution in [0.3, 0.4) is 0 Å². The fourth-order valence-corrected chi connectivity index (χ4v) is 1.70. The van der Waals surface area contributed by atoms with Crippen LogP contribution >= 0.6 is 0 Å². The Morgan fingerprint density at radius 1 is 1.47 bits per heavy atom. The molecule has 0 atom stereocenters. The van der Waals surface area contributed by atoms with Gasteiger partial charge in [-0.3, -0.25) is 4.98 Å². The summed E-state index contributed by atoms with van der Waals surface area (Å²) in [5.74, 6) is -1.55. The van der Waals surface area contributed by atoms with E-state index in [9.17, 15) is 9.18 Å². The number of aromatic nitrogens is 1. The molecule has 1 aromatic heterocycles. The normalized spacial score (nSPS) is 10.7. The highest BCUT2D eigenvalue weighted by atomic mass is 19.1. The number of aromatic carboxylic acids is 1. The number of pyridine rings is 1. The fourth-order valence-electron chi connectivity index (χ4n) is 1.70. The zero-order valence-electron chi connectivity index (χ0n) is 9.20. The standard InChI is InChI=1S/C12H11FN2O2/c1-14-6-8-5-10(12(16)17)9-4-7(13)2-3-11(9)15-8/h2-5,14H,6H2,1H3,(H,16,17). The van der Waals surface area contributed by atoms with Gasteiger partial charge in [-0.15, -0.1) is 0 Å². The van der Waals surface area contributed by atoms with Crippen molar-refractivity contribution in [1.82, 2.24) is 10.3 Å². The molecule has 5 heteroatoms. The van der Waals surface area contributed by atoms with Gasteiger partial charge < -0.3 is 10.4 Å². The summed E-state index contributed by atoms with van der Waals surface area (Å²) in [6.45, 7) is 0.466. The molecule has 0 fully saturated rings. The maximum atomic E-state index is 13.1. The lowest BCUT2D eigenvalue weighted by atomic mass is 10.1. The van der Waals surface area contributed by atoms with Crippen LogP contribution in [0.2, 0.25) is 0 Å². The van der Waals surface area contributed by atoms with E-state index >= 15 is 0 Å². The maximum absolute atomic E-state index is 13.1. The van der Waals surface area contributed by atoms with Gasteiger partial charge in [-0.25, -0.2) is 9.18 Å². The zero-order valence-corrected chi connectivity index (χ0v) is 9.20. The van der Waals surface area contributed by atoms with E-state index in [1.807, 2.05) is 0 Å². The summed E-state index contributed by atoms with van der Waals surface area (Å²) in [5.41, 5.74) is 1.17. The molecule has 0 spiro atoms. The van der Waals surface area contributed by atoms with Crippen LogP contribution in [0.15, 0.2) is 24.3 Å². The smallest absolute Gasteiger partial charge is 0.336 e. The highest BCUT2D eigenvalue weighted by molar-refractivity contribution is 6.02. The molecule has 0 aliphatic rings. The lowest BCUT2D eigenvalue weighted by Crippen LogP contribution is -2.09. The molecular weight excluding hydrogens is 223 g/mol. The van der Waals surface area contributed by atoms with E-state index in [4.69, 9.17) is 5.11 Å². The van der Waals surface area contributed by atoms with Gasteiger partial charge in [-0.05, 0) is 31.3 Å². The average molecular weight is 234 g/mol. The highest BCUT2D eigenvalue weighted by Gasteiger charge is 2.12. The quantitative estimate of drug-likeness (QED) is 0.849. The number of rotatable bonds is 3. The predicted octanol–water partition coefficient (Wildman–Crippen LogP) is 1.79. The Balaban J connectivity index is 2.72. The van der Waals surface area contributed by atoms with Gasteiger partial charge in [-0.2, -0.15) is 0 Å². The number of nitrogens with one attached hydrogen (secondary N) is 1. The molecule has 2 rings (SSSR count). The Kier molecular flexibility index (Phi) is 3.01. The van der Waals surface area contributed by atoms with E-state index in [0.29, 0.717) is 23.1 Å². The SMILES string of the molecule is CNCc1cc(C(=O)O)c2cc(F)ccc2n1. The van der Waals surface area contributed by atoms with Crippen LogP contribution in [0.25, 0.3) is 10.9 Å². The molecule has 1 heterocycles. The average Bonchev–Trinajstić information content (AvgIpc) is 2.28. The van der Waals surface area contributed by atoms with Gasteiger partial charge in [0.1, 0.15) is 5.82 Å². The minimum atomic E-state index is -1.08. The number of benzene rings is 1. The van der Waals surface area contributed by atoms with Gasteiger partial charge in [-0.1, -0.05) is 0 Å². The number of carboxylic acids is 1. The van der Waals surface area contributed by atoms with E-state index in [2.05, 4.69) is 10.3 Å². The first kappa shape index (κ1) is 11.5. The first-order valence-electron chi connectivity index (χ1n) is 5.09. The Morgan fingerprint density at radius 3 is 2.88 bits per heavy atom. The second kappa shape index (κ2) is 4.47.